The molecule has 2 aliphatic carbocycles. The van der Waals surface area contributed by atoms with Crippen LogP contribution in [0.3, 0.4) is 0 Å². The third-order valence-corrected chi connectivity index (χ3v) is 5.30. The van der Waals surface area contributed by atoms with E-state index in [2.05, 4.69) is 16.6 Å². The van der Waals surface area contributed by atoms with Gasteiger partial charge in [-0.15, -0.1) is 0 Å². The summed E-state index contributed by atoms with van der Waals surface area (Å²) in [6.07, 6.45) is 9.31. The maximum atomic E-state index is 6.01. The molecule has 2 unspecified atom stereocenters. The molecule has 0 saturated heterocycles. The lowest BCUT2D eigenvalue weighted by molar-refractivity contribution is 0.317. The van der Waals surface area contributed by atoms with Crippen molar-refractivity contribution in [3.63, 3.8) is 0 Å². The average Bonchev–Trinajstić information content (AvgIpc) is 3.16. The van der Waals surface area contributed by atoms with Crippen molar-refractivity contribution in [3.8, 4) is 0 Å². The van der Waals surface area contributed by atoms with E-state index < -0.39 is 0 Å². The molecule has 1 aromatic heterocycles. The lowest BCUT2D eigenvalue weighted by atomic mass is 9.83. The molecule has 1 aromatic rings. The van der Waals surface area contributed by atoms with Gasteiger partial charge in [-0.2, -0.15) is 4.37 Å². The van der Waals surface area contributed by atoms with Gasteiger partial charge >= 0.3 is 0 Å². The Morgan fingerprint density at radius 2 is 2.06 bits per heavy atom. The molecule has 18 heavy (non-hydrogen) atoms. The van der Waals surface area contributed by atoms with E-state index in [9.17, 15) is 0 Å². The Kier molecular flexibility index (Phi) is 3.46. The number of nitrogens with one attached hydrogen (secondary N) is 1. The van der Waals surface area contributed by atoms with Crippen LogP contribution in [0.1, 0.15) is 63.4 Å². The van der Waals surface area contributed by atoms with Crippen LogP contribution in [0.4, 0.5) is 10.8 Å². The van der Waals surface area contributed by atoms with Crippen LogP contribution in [-0.2, 0) is 0 Å². The Balaban J connectivity index is 1.75. The van der Waals surface area contributed by atoms with E-state index in [0.29, 0.717) is 12.0 Å². The largest absolute Gasteiger partial charge is 0.383 e. The fraction of sp³-hybridized carbons (Fsp3) is 0.786. The maximum absolute atomic E-state index is 6.01. The smallest absolute Gasteiger partial charge is 0.142 e. The number of hydrogen-bond acceptors (Lipinski definition) is 4. The van der Waals surface area contributed by atoms with E-state index in [4.69, 9.17) is 5.73 Å². The predicted molar refractivity (Wildman–Crippen MR) is 78.2 cm³/mol. The predicted octanol–water partition coefficient (Wildman–Crippen LogP) is 3.98. The van der Waals surface area contributed by atoms with Crippen LogP contribution < -0.4 is 11.1 Å². The summed E-state index contributed by atoms with van der Waals surface area (Å²) < 4.78 is 4.35. The normalized spacial score (nSPS) is 28.3. The Labute approximate surface area is 113 Å². The van der Waals surface area contributed by atoms with Crippen LogP contribution in [0.25, 0.3) is 0 Å². The molecule has 2 aliphatic rings. The van der Waals surface area contributed by atoms with Gasteiger partial charge < -0.3 is 11.1 Å². The Hall–Kier alpha value is -0.770. The minimum atomic E-state index is 0.640. The summed E-state index contributed by atoms with van der Waals surface area (Å²) in [5, 5.41) is 5.03. The van der Waals surface area contributed by atoms with Gasteiger partial charge in [-0.05, 0) is 49.1 Å². The lowest BCUT2D eigenvalue weighted by Crippen LogP contribution is -2.31. The number of nitrogens with zero attached hydrogens (tertiary/aromatic N) is 1. The van der Waals surface area contributed by atoms with Crippen LogP contribution in [0, 0.1) is 5.92 Å². The second kappa shape index (κ2) is 5.08. The van der Waals surface area contributed by atoms with Crippen molar-refractivity contribution in [3.05, 3.63) is 5.56 Å². The summed E-state index contributed by atoms with van der Waals surface area (Å²) in [7, 11) is 0. The number of nitrogen functional groups attached to an aromatic ring is 1. The van der Waals surface area contributed by atoms with E-state index in [1.165, 1.54) is 55.5 Å². The molecule has 3 nitrogen and oxygen atoms in total. The minimum Gasteiger partial charge on any atom is -0.383 e. The summed E-state index contributed by atoms with van der Waals surface area (Å²) >= 11 is 1.56. The monoisotopic (exact) mass is 265 g/mol. The Morgan fingerprint density at radius 3 is 2.78 bits per heavy atom. The molecule has 0 spiro atoms. The fourth-order valence-corrected chi connectivity index (χ4v) is 4.10. The lowest BCUT2D eigenvalue weighted by Gasteiger charge is -2.32. The summed E-state index contributed by atoms with van der Waals surface area (Å²) in [5.74, 6) is 2.29. The fourth-order valence-electron chi connectivity index (χ4n) is 3.23. The van der Waals surface area contributed by atoms with E-state index in [-0.39, 0.29) is 0 Å². The zero-order valence-electron chi connectivity index (χ0n) is 11.1. The number of rotatable bonds is 4. The van der Waals surface area contributed by atoms with Gasteiger partial charge in [0.2, 0.25) is 0 Å². The van der Waals surface area contributed by atoms with E-state index in [1.807, 2.05) is 0 Å². The standard InChI is InChI=1S/C14H23N3S/c1-2-9-5-3-4-6-11(9)16-14-12(10-7-8-10)13(15)17-18-14/h9-11,16H,2-8H2,1H3,(H2,15,17). The molecule has 2 fully saturated rings. The van der Waals surface area contributed by atoms with Gasteiger partial charge in [-0.25, -0.2) is 0 Å². The van der Waals surface area contributed by atoms with Crippen molar-refractivity contribution < 1.29 is 0 Å². The minimum absolute atomic E-state index is 0.640. The highest BCUT2D eigenvalue weighted by Crippen LogP contribution is 2.48. The zero-order chi connectivity index (χ0) is 12.5. The molecule has 0 aromatic carbocycles. The first-order chi connectivity index (χ1) is 8.79. The van der Waals surface area contributed by atoms with Crippen molar-refractivity contribution in [2.24, 2.45) is 5.92 Å². The second-order valence-corrected chi connectivity index (χ2v) is 6.56. The Morgan fingerprint density at radius 1 is 1.28 bits per heavy atom. The average molecular weight is 265 g/mol. The number of aromatic nitrogens is 1. The van der Waals surface area contributed by atoms with Gasteiger partial charge in [0.05, 0.1) is 0 Å². The first kappa shape index (κ1) is 12.3. The molecule has 0 bridgehead atoms. The van der Waals surface area contributed by atoms with Crippen LogP contribution in [-0.4, -0.2) is 10.4 Å². The van der Waals surface area contributed by atoms with Gasteiger partial charge in [0, 0.05) is 11.6 Å². The van der Waals surface area contributed by atoms with Crippen molar-refractivity contribution >= 4 is 22.4 Å². The van der Waals surface area contributed by atoms with Gasteiger partial charge in [0.25, 0.3) is 0 Å². The second-order valence-electron chi connectivity index (χ2n) is 5.79. The van der Waals surface area contributed by atoms with E-state index >= 15 is 0 Å². The highest BCUT2D eigenvalue weighted by Gasteiger charge is 2.32. The molecule has 0 radical (unpaired) electrons. The zero-order valence-corrected chi connectivity index (χ0v) is 11.9. The molecule has 2 atom stereocenters. The van der Waals surface area contributed by atoms with Crippen LogP contribution in [0.5, 0.6) is 0 Å². The van der Waals surface area contributed by atoms with Crippen molar-refractivity contribution in [2.75, 3.05) is 11.1 Å². The van der Waals surface area contributed by atoms with Crippen LogP contribution in [0.2, 0.25) is 0 Å². The third-order valence-electron chi connectivity index (χ3n) is 4.49. The molecular weight excluding hydrogens is 242 g/mol. The summed E-state index contributed by atoms with van der Waals surface area (Å²) in [5.41, 5.74) is 7.33. The molecular formula is C14H23N3S. The topological polar surface area (TPSA) is 50.9 Å². The van der Waals surface area contributed by atoms with Gasteiger partial charge in [0.15, 0.2) is 0 Å². The molecule has 2 saturated carbocycles. The molecule has 4 heteroatoms. The number of nitrogens with two attached hydrogens (primary N) is 1. The first-order valence-electron chi connectivity index (χ1n) is 7.31. The summed E-state index contributed by atoms with van der Waals surface area (Å²) in [4.78, 5) is 0. The Bertz CT molecular complexity index is 411. The van der Waals surface area contributed by atoms with Crippen LogP contribution in [0.15, 0.2) is 0 Å². The summed E-state index contributed by atoms with van der Waals surface area (Å²) in [6.45, 7) is 2.31. The highest BCUT2D eigenvalue weighted by molar-refractivity contribution is 7.10. The molecule has 100 valence electrons. The molecule has 3 rings (SSSR count). The van der Waals surface area contributed by atoms with Gasteiger partial charge in [0.1, 0.15) is 10.8 Å². The van der Waals surface area contributed by atoms with Crippen LogP contribution >= 0.6 is 11.5 Å². The first-order valence-corrected chi connectivity index (χ1v) is 8.08. The number of hydrogen-bond donors (Lipinski definition) is 2. The molecule has 0 amide bonds. The molecule has 0 aliphatic heterocycles. The third kappa shape index (κ3) is 2.35. The summed E-state index contributed by atoms with van der Waals surface area (Å²) in [6, 6.07) is 0.640. The van der Waals surface area contributed by atoms with E-state index in [0.717, 1.165) is 11.7 Å². The SMILES string of the molecule is CCC1CCCCC1Nc1snc(N)c1C1CC1. The quantitative estimate of drug-likeness (QED) is 0.865. The molecule has 3 N–H and O–H groups in total. The van der Waals surface area contributed by atoms with Crippen molar-refractivity contribution in [2.45, 2.75) is 63.8 Å². The van der Waals surface area contributed by atoms with Gasteiger partial charge in [-0.1, -0.05) is 26.2 Å². The van der Waals surface area contributed by atoms with E-state index in [1.54, 1.807) is 11.5 Å². The van der Waals surface area contributed by atoms with Crippen molar-refractivity contribution in [1.29, 1.82) is 0 Å². The number of anilines is 2. The van der Waals surface area contributed by atoms with Gasteiger partial charge in [-0.3, -0.25) is 0 Å². The maximum Gasteiger partial charge on any atom is 0.142 e. The van der Waals surface area contributed by atoms with Crippen molar-refractivity contribution in [1.82, 2.24) is 4.37 Å². The highest BCUT2D eigenvalue weighted by atomic mass is 32.1. The molecule has 1 heterocycles.